The average Bonchev–Trinajstić information content (AvgIpc) is 2.32. The molecule has 0 aliphatic heterocycles. The predicted molar refractivity (Wildman–Crippen MR) is 85.6 cm³/mol. The number of hydrogen-bond donors (Lipinski definition) is 2. The third kappa shape index (κ3) is 6.25. The van der Waals surface area contributed by atoms with Crippen molar-refractivity contribution in [2.45, 2.75) is 39.3 Å². The Morgan fingerprint density at radius 1 is 1.37 bits per heavy atom. The smallest absolute Gasteiger partial charge is 0.138 e. The van der Waals surface area contributed by atoms with E-state index in [-0.39, 0.29) is 6.10 Å². The van der Waals surface area contributed by atoms with Gasteiger partial charge in [0.15, 0.2) is 0 Å². The van der Waals surface area contributed by atoms with Crippen molar-refractivity contribution in [2.24, 2.45) is 0 Å². The highest BCUT2D eigenvalue weighted by Gasteiger charge is 2.09. The van der Waals surface area contributed by atoms with Gasteiger partial charge in [-0.15, -0.1) is 0 Å². The minimum absolute atomic E-state index is 0.221. The lowest BCUT2D eigenvalue weighted by Gasteiger charge is -2.14. The molecule has 0 amide bonds. The third-order valence-corrected chi connectivity index (χ3v) is 3.71. The summed E-state index contributed by atoms with van der Waals surface area (Å²) in [6.07, 6.45) is 1.57. The van der Waals surface area contributed by atoms with Gasteiger partial charge in [0.05, 0.1) is 17.2 Å². The molecule has 0 saturated carbocycles. The maximum atomic E-state index is 9.20. The van der Waals surface area contributed by atoms with Gasteiger partial charge < -0.3 is 15.2 Å². The van der Waals surface area contributed by atoms with E-state index >= 15 is 0 Å². The number of aliphatic hydroxyl groups excluding tert-OH is 1. The molecule has 0 bridgehead atoms. The van der Waals surface area contributed by atoms with E-state index in [0.717, 1.165) is 46.2 Å². The van der Waals surface area contributed by atoms with Crippen LogP contribution in [-0.4, -0.2) is 24.4 Å². The summed E-state index contributed by atoms with van der Waals surface area (Å²) in [5.41, 5.74) is 1.13. The Kier molecular flexibility index (Phi) is 7.99. The van der Waals surface area contributed by atoms with E-state index in [1.54, 1.807) is 0 Å². The maximum Gasteiger partial charge on any atom is 0.138 e. The molecule has 0 aliphatic rings. The van der Waals surface area contributed by atoms with Crippen LogP contribution in [0.1, 0.15) is 32.3 Å². The van der Waals surface area contributed by atoms with E-state index in [4.69, 9.17) is 4.74 Å². The van der Waals surface area contributed by atoms with E-state index in [1.165, 1.54) is 0 Å². The largest absolute Gasteiger partial charge is 0.492 e. The van der Waals surface area contributed by atoms with Crippen molar-refractivity contribution in [2.75, 3.05) is 13.2 Å². The molecule has 108 valence electrons. The van der Waals surface area contributed by atoms with Crippen LogP contribution in [0.2, 0.25) is 0 Å². The number of nitrogens with one attached hydrogen (secondary N) is 1. The molecule has 1 rings (SSSR count). The first-order valence-corrected chi connectivity index (χ1v) is 8.12. The van der Waals surface area contributed by atoms with Crippen LogP contribution in [0.25, 0.3) is 0 Å². The van der Waals surface area contributed by atoms with E-state index in [9.17, 15) is 5.11 Å². The van der Waals surface area contributed by atoms with Crippen LogP contribution < -0.4 is 10.1 Å². The van der Waals surface area contributed by atoms with E-state index < -0.39 is 0 Å². The van der Waals surface area contributed by atoms with E-state index in [2.05, 4.69) is 43.2 Å². The lowest BCUT2D eigenvalue weighted by Crippen LogP contribution is -2.17. The Morgan fingerprint density at radius 2 is 2.11 bits per heavy atom. The van der Waals surface area contributed by atoms with Crippen LogP contribution in [0.15, 0.2) is 21.1 Å². The van der Waals surface area contributed by atoms with Gasteiger partial charge in [0, 0.05) is 16.6 Å². The average molecular weight is 395 g/mol. The molecule has 1 atom stereocenters. The minimum atomic E-state index is -0.221. The lowest BCUT2D eigenvalue weighted by atomic mass is 10.2. The molecule has 0 heterocycles. The quantitative estimate of drug-likeness (QED) is 0.657. The molecule has 0 saturated heterocycles. The number of halogens is 2. The molecule has 3 nitrogen and oxygen atoms in total. The highest BCUT2D eigenvalue weighted by Crippen LogP contribution is 2.32. The van der Waals surface area contributed by atoms with Crippen molar-refractivity contribution in [3.05, 3.63) is 26.6 Å². The van der Waals surface area contributed by atoms with E-state index in [1.807, 2.05) is 19.9 Å². The van der Waals surface area contributed by atoms with Crippen LogP contribution in [-0.2, 0) is 6.54 Å². The molecule has 1 unspecified atom stereocenters. The molecule has 0 spiro atoms. The van der Waals surface area contributed by atoms with Gasteiger partial charge in [0.2, 0.25) is 0 Å². The van der Waals surface area contributed by atoms with Crippen molar-refractivity contribution in [1.29, 1.82) is 0 Å². The van der Waals surface area contributed by atoms with Crippen molar-refractivity contribution in [3.63, 3.8) is 0 Å². The fraction of sp³-hybridized carbons (Fsp3) is 0.571. The van der Waals surface area contributed by atoms with Gasteiger partial charge >= 0.3 is 0 Å². The molecule has 19 heavy (non-hydrogen) atoms. The fourth-order valence-corrected chi connectivity index (χ4v) is 3.22. The second kappa shape index (κ2) is 8.95. The summed E-state index contributed by atoms with van der Waals surface area (Å²) < 4.78 is 7.66. The predicted octanol–water partition coefficient (Wildman–Crippen LogP) is 3.86. The molecular weight excluding hydrogens is 374 g/mol. The number of rotatable bonds is 8. The summed E-state index contributed by atoms with van der Waals surface area (Å²) >= 11 is 7.02. The Morgan fingerprint density at radius 3 is 2.74 bits per heavy atom. The summed E-state index contributed by atoms with van der Waals surface area (Å²) in [7, 11) is 0. The third-order valence-electron chi connectivity index (χ3n) is 2.66. The van der Waals surface area contributed by atoms with Crippen LogP contribution in [0.3, 0.4) is 0 Å². The summed E-state index contributed by atoms with van der Waals surface area (Å²) in [6.45, 7) is 6.09. The maximum absolute atomic E-state index is 9.20. The Bertz CT molecular complexity index is 397. The summed E-state index contributed by atoms with van der Waals surface area (Å²) in [4.78, 5) is 0. The molecular formula is C14H21Br2NO2. The lowest BCUT2D eigenvalue weighted by molar-refractivity contribution is 0.181. The minimum Gasteiger partial charge on any atom is -0.492 e. The first-order chi connectivity index (χ1) is 9.04. The van der Waals surface area contributed by atoms with Crippen LogP contribution in [0.4, 0.5) is 0 Å². The molecule has 0 aliphatic carbocycles. The van der Waals surface area contributed by atoms with Crippen LogP contribution >= 0.6 is 31.9 Å². The Hall–Kier alpha value is -0.100. The van der Waals surface area contributed by atoms with Crippen molar-refractivity contribution >= 4 is 31.9 Å². The molecule has 0 aromatic heterocycles. The zero-order valence-corrected chi connectivity index (χ0v) is 14.6. The highest BCUT2D eigenvalue weighted by atomic mass is 79.9. The number of benzene rings is 1. The van der Waals surface area contributed by atoms with Crippen molar-refractivity contribution < 1.29 is 9.84 Å². The monoisotopic (exact) mass is 393 g/mol. The second-order valence-electron chi connectivity index (χ2n) is 4.48. The van der Waals surface area contributed by atoms with Gasteiger partial charge in [-0.3, -0.25) is 0 Å². The number of ether oxygens (including phenoxy) is 1. The van der Waals surface area contributed by atoms with Gasteiger partial charge in [-0.2, -0.15) is 0 Å². The Labute approximate surface area is 132 Å². The van der Waals surface area contributed by atoms with E-state index in [0.29, 0.717) is 6.61 Å². The molecule has 5 heteroatoms. The second-order valence-corrected chi connectivity index (χ2v) is 6.25. The van der Waals surface area contributed by atoms with Crippen molar-refractivity contribution in [1.82, 2.24) is 5.32 Å². The van der Waals surface area contributed by atoms with Gasteiger partial charge in [0.25, 0.3) is 0 Å². The van der Waals surface area contributed by atoms with Gasteiger partial charge in [-0.25, -0.2) is 0 Å². The van der Waals surface area contributed by atoms with Gasteiger partial charge in [-0.1, -0.05) is 15.9 Å². The topological polar surface area (TPSA) is 41.5 Å². The zero-order chi connectivity index (χ0) is 14.3. The Balaban J connectivity index is 2.56. The first-order valence-electron chi connectivity index (χ1n) is 6.54. The summed E-state index contributed by atoms with van der Waals surface area (Å²) in [5.74, 6) is 0.897. The molecule has 1 aromatic rings. The first kappa shape index (κ1) is 17.0. The number of aliphatic hydroxyl groups is 1. The highest BCUT2D eigenvalue weighted by molar-refractivity contribution is 9.11. The van der Waals surface area contributed by atoms with Crippen molar-refractivity contribution in [3.8, 4) is 5.75 Å². The van der Waals surface area contributed by atoms with Crippen LogP contribution in [0.5, 0.6) is 5.75 Å². The molecule has 2 N–H and O–H groups in total. The molecule has 0 fully saturated rings. The van der Waals surface area contributed by atoms with Gasteiger partial charge in [-0.05, 0) is 61.3 Å². The normalized spacial score (nSPS) is 12.5. The summed E-state index contributed by atoms with van der Waals surface area (Å²) in [5, 5.41) is 12.6. The standard InChI is InChI=1S/C14H21Br2NO2/c1-3-19-14-11(7-12(15)8-13(14)16)9-17-6-4-5-10(2)18/h7-8,10,17-18H,3-6,9H2,1-2H3. The van der Waals surface area contributed by atoms with Crippen LogP contribution in [0, 0.1) is 0 Å². The molecule has 1 aromatic carbocycles. The fourth-order valence-electron chi connectivity index (χ4n) is 1.80. The molecule has 0 radical (unpaired) electrons. The number of hydrogen-bond acceptors (Lipinski definition) is 3. The zero-order valence-electron chi connectivity index (χ0n) is 11.4. The SMILES string of the molecule is CCOc1c(Br)cc(Br)cc1CNCCCC(C)O. The van der Waals surface area contributed by atoms with Gasteiger partial charge in [0.1, 0.15) is 5.75 Å². The summed E-state index contributed by atoms with van der Waals surface area (Å²) in [6, 6.07) is 4.05.